The molecule has 1 aliphatic rings. The number of benzene rings is 1. The number of rotatable bonds is 9. The lowest BCUT2D eigenvalue weighted by Gasteiger charge is -2.35. The largest absolute Gasteiger partial charge is 0.493 e. The Bertz CT molecular complexity index is 1940. The van der Waals surface area contributed by atoms with Gasteiger partial charge >= 0.3 is 0 Å². The van der Waals surface area contributed by atoms with Gasteiger partial charge in [0.1, 0.15) is 17.1 Å². The summed E-state index contributed by atoms with van der Waals surface area (Å²) in [5.41, 5.74) is 3.08. The lowest BCUT2D eigenvalue weighted by Crippen LogP contribution is -2.49. The number of fused-ring (bicyclic) bond motifs is 2. The molecule has 44 heavy (non-hydrogen) atoms. The van der Waals surface area contributed by atoms with Crippen molar-refractivity contribution in [3.05, 3.63) is 57.9 Å². The molecule has 5 heterocycles. The van der Waals surface area contributed by atoms with Gasteiger partial charge in [0.15, 0.2) is 23.0 Å². The summed E-state index contributed by atoms with van der Waals surface area (Å²) in [6.07, 6.45) is 4.16. The van der Waals surface area contributed by atoms with Crippen LogP contribution in [0, 0.1) is 0 Å². The molecule has 1 aliphatic heterocycles. The van der Waals surface area contributed by atoms with E-state index in [1.807, 2.05) is 12.3 Å². The summed E-state index contributed by atoms with van der Waals surface area (Å²) >= 11 is 6.74. The number of ether oxygens (including phenoxy) is 2. The predicted octanol–water partition coefficient (Wildman–Crippen LogP) is 3.40. The summed E-state index contributed by atoms with van der Waals surface area (Å²) in [4.78, 5) is 55.0. The second kappa shape index (κ2) is 12.0. The number of piperazine rings is 1. The van der Waals surface area contributed by atoms with Gasteiger partial charge in [0.25, 0.3) is 0 Å². The fraction of sp³-hybridized carbons (Fsp3) is 0.333. The number of halogens is 1. The Labute approximate surface area is 256 Å². The van der Waals surface area contributed by atoms with Crippen LogP contribution in [0.25, 0.3) is 33.2 Å². The van der Waals surface area contributed by atoms with Gasteiger partial charge in [-0.05, 0) is 19.1 Å². The second-order valence-corrected chi connectivity index (χ2v) is 11.0. The van der Waals surface area contributed by atoms with E-state index in [1.54, 1.807) is 42.1 Å². The molecule has 0 saturated carbocycles. The van der Waals surface area contributed by atoms with Gasteiger partial charge in [-0.1, -0.05) is 11.6 Å². The maximum absolute atomic E-state index is 12.6. The number of nitrogens with one attached hydrogen (secondary N) is 2. The van der Waals surface area contributed by atoms with Crippen molar-refractivity contribution >= 4 is 51.2 Å². The number of aromatic amines is 2. The molecule has 1 amide bonds. The molecular formula is C30H31ClN8O5. The summed E-state index contributed by atoms with van der Waals surface area (Å²) in [5, 5.41) is 6.21. The van der Waals surface area contributed by atoms with Gasteiger partial charge in [0.2, 0.25) is 11.5 Å². The molecule has 5 aromatic rings. The molecule has 13 nitrogen and oxygen atoms in total. The molecule has 14 heteroatoms. The Morgan fingerprint density at radius 2 is 1.75 bits per heavy atom. The third-order valence-corrected chi connectivity index (χ3v) is 8.01. The number of anilines is 1. The molecule has 6 rings (SSSR count). The molecule has 1 aromatic carbocycles. The summed E-state index contributed by atoms with van der Waals surface area (Å²) in [5.74, 6) is 2.32. The molecule has 2 N–H and O–H groups in total. The van der Waals surface area contributed by atoms with Crippen molar-refractivity contribution in [1.82, 2.24) is 34.6 Å². The summed E-state index contributed by atoms with van der Waals surface area (Å²) in [6.45, 7) is 3.96. The van der Waals surface area contributed by atoms with E-state index in [0.29, 0.717) is 83.1 Å². The molecular weight excluding hydrogens is 588 g/mol. The normalized spacial score (nSPS) is 13.5. The summed E-state index contributed by atoms with van der Waals surface area (Å²) < 4.78 is 12.7. The van der Waals surface area contributed by atoms with Gasteiger partial charge in [-0.25, -0.2) is 9.97 Å². The zero-order valence-corrected chi connectivity index (χ0v) is 25.3. The standard InChI is InChI=1S/C30H31ClN8O5/c1-17(40)4-7-27(42)37-8-10-38(11-9-37)30-28-20(19(14-32-30)18-12-23(43-2)24(44-3)13-21(18)31)15-39(36-28)16-25-33-22-5-6-26(41)35-29(22)34-25/h5-6,12-15H,4,7-11,16H2,1-3H3,(H2,33,34,35,41). The summed E-state index contributed by atoms with van der Waals surface area (Å²) in [6, 6.07) is 6.65. The number of hydrogen-bond acceptors (Lipinski definition) is 9. The Balaban J connectivity index is 1.37. The van der Waals surface area contributed by atoms with E-state index in [9.17, 15) is 14.4 Å². The Morgan fingerprint density at radius 1 is 1.00 bits per heavy atom. The fourth-order valence-electron chi connectivity index (χ4n) is 5.44. The minimum atomic E-state index is -0.229. The Hall–Kier alpha value is -4.91. The smallest absolute Gasteiger partial charge is 0.249 e. The van der Waals surface area contributed by atoms with Crippen molar-refractivity contribution in [2.45, 2.75) is 26.3 Å². The monoisotopic (exact) mass is 618 g/mol. The average molecular weight is 619 g/mol. The van der Waals surface area contributed by atoms with Crippen LogP contribution in [0.1, 0.15) is 25.6 Å². The highest BCUT2D eigenvalue weighted by atomic mass is 35.5. The van der Waals surface area contributed by atoms with E-state index in [4.69, 9.17) is 31.2 Å². The van der Waals surface area contributed by atoms with Gasteiger partial charge < -0.3 is 34.0 Å². The number of methoxy groups -OCH3 is 2. The number of ketones is 1. The molecule has 0 bridgehead atoms. The topological polar surface area (TPSA) is 151 Å². The molecule has 0 unspecified atom stereocenters. The number of pyridine rings is 2. The first-order valence-corrected chi connectivity index (χ1v) is 14.5. The maximum atomic E-state index is 12.6. The molecule has 0 atom stereocenters. The number of aromatic nitrogens is 6. The van der Waals surface area contributed by atoms with Gasteiger partial charge in [-0.2, -0.15) is 5.10 Å². The van der Waals surface area contributed by atoms with Crippen LogP contribution in [0.2, 0.25) is 5.02 Å². The van der Waals surface area contributed by atoms with Crippen LogP contribution in [0.5, 0.6) is 11.5 Å². The zero-order chi connectivity index (χ0) is 31.0. The van der Waals surface area contributed by atoms with E-state index in [1.165, 1.54) is 13.0 Å². The minimum absolute atomic E-state index is 0.00442. The van der Waals surface area contributed by atoms with Crippen LogP contribution in [-0.2, 0) is 16.1 Å². The SMILES string of the molecule is COc1cc(Cl)c(-c2cnc(N3CCN(C(=O)CCC(C)=O)CC3)c3nn(Cc4nc5[nH]c(=O)ccc5[nH]4)cc23)cc1OC. The van der Waals surface area contributed by atoms with Gasteiger partial charge in [0.05, 0.1) is 31.3 Å². The Kier molecular flexibility index (Phi) is 7.95. The first kappa shape index (κ1) is 29.2. The first-order valence-electron chi connectivity index (χ1n) is 14.1. The van der Waals surface area contributed by atoms with Crippen LogP contribution >= 0.6 is 11.6 Å². The zero-order valence-electron chi connectivity index (χ0n) is 24.5. The van der Waals surface area contributed by atoms with Crippen molar-refractivity contribution in [1.29, 1.82) is 0 Å². The highest BCUT2D eigenvalue weighted by Crippen LogP contribution is 2.41. The number of carbonyl (C=O) groups is 2. The van der Waals surface area contributed by atoms with E-state index in [-0.39, 0.29) is 30.1 Å². The van der Waals surface area contributed by atoms with E-state index in [2.05, 4.69) is 19.9 Å². The number of amides is 1. The van der Waals surface area contributed by atoms with Gasteiger partial charge in [0, 0.05) is 80.1 Å². The molecule has 0 spiro atoms. The van der Waals surface area contributed by atoms with E-state index in [0.717, 1.165) is 10.9 Å². The van der Waals surface area contributed by atoms with Crippen molar-refractivity contribution in [2.75, 3.05) is 45.3 Å². The molecule has 228 valence electrons. The van der Waals surface area contributed by atoms with E-state index >= 15 is 0 Å². The molecule has 0 radical (unpaired) electrons. The van der Waals surface area contributed by atoms with Crippen LogP contribution in [0.4, 0.5) is 5.82 Å². The van der Waals surface area contributed by atoms with Crippen LogP contribution in [0.3, 0.4) is 0 Å². The third kappa shape index (κ3) is 5.70. The van der Waals surface area contributed by atoms with Gasteiger partial charge in [-0.3, -0.25) is 14.3 Å². The Morgan fingerprint density at radius 3 is 2.48 bits per heavy atom. The van der Waals surface area contributed by atoms with Crippen molar-refractivity contribution in [3.63, 3.8) is 0 Å². The van der Waals surface area contributed by atoms with Gasteiger partial charge in [-0.15, -0.1) is 0 Å². The van der Waals surface area contributed by atoms with Crippen LogP contribution in [-0.4, -0.2) is 86.7 Å². The van der Waals surface area contributed by atoms with Crippen molar-refractivity contribution in [3.8, 4) is 22.6 Å². The molecule has 1 saturated heterocycles. The number of nitrogens with zero attached hydrogens (tertiary/aromatic N) is 6. The van der Waals surface area contributed by atoms with Crippen LogP contribution in [0.15, 0.2) is 41.5 Å². The van der Waals surface area contributed by atoms with Crippen molar-refractivity contribution in [2.24, 2.45) is 0 Å². The number of imidazole rings is 1. The highest BCUT2D eigenvalue weighted by molar-refractivity contribution is 6.34. The third-order valence-electron chi connectivity index (χ3n) is 7.70. The summed E-state index contributed by atoms with van der Waals surface area (Å²) in [7, 11) is 3.12. The first-order chi connectivity index (χ1) is 21.2. The quantitative estimate of drug-likeness (QED) is 0.253. The minimum Gasteiger partial charge on any atom is -0.493 e. The molecule has 4 aromatic heterocycles. The highest BCUT2D eigenvalue weighted by Gasteiger charge is 2.26. The average Bonchev–Trinajstić information content (AvgIpc) is 3.62. The molecule has 0 aliphatic carbocycles. The lowest BCUT2D eigenvalue weighted by atomic mass is 10.0. The maximum Gasteiger partial charge on any atom is 0.249 e. The predicted molar refractivity (Wildman–Crippen MR) is 166 cm³/mol. The van der Waals surface area contributed by atoms with Crippen molar-refractivity contribution < 1.29 is 19.1 Å². The number of carbonyl (C=O) groups excluding carboxylic acids is 2. The lowest BCUT2D eigenvalue weighted by molar-refractivity contribution is -0.133. The number of H-pyrrole nitrogens is 2. The van der Waals surface area contributed by atoms with Crippen LogP contribution < -0.4 is 19.9 Å². The number of Topliss-reactive ketones (excluding diaryl/α,β-unsaturated/α-hetero) is 1. The second-order valence-electron chi connectivity index (χ2n) is 10.6. The van der Waals surface area contributed by atoms with E-state index < -0.39 is 0 Å². The fourth-order valence-corrected chi connectivity index (χ4v) is 5.69. The number of hydrogen-bond donors (Lipinski definition) is 2. The molecule has 1 fully saturated rings.